The van der Waals surface area contributed by atoms with E-state index in [2.05, 4.69) is 45.9 Å². The Morgan fingerprint density at radius 2 is 1.60 bits per heavy atom. The third-order valence-electron chi connectivity index (χ3n) is 1.24. The minimum atomic E-state index is 0.528. The lowest BCUT2D eigenvalue weighted by atomic mass is 10.1. The van der Waals surface area contributed by atoms with Gasteiger partial charge in [0.2, 0.25) is 0 Å². The molecule has 0 bridgehead atoms. The molecule has 0 aliphatic rings. The number of allylic oxidation sites excluding steroid dienone is 4. The van der Waals surface area contributed by atoms with E-state index in [-0.39, 0.29) is 0 Å². The van der Waals surface area contributed by atoms with E-state index >= 15 is 0 Å². The van der Waals surface area contributed by atoms with Gasteiger partial charge in [0.25, 0.3) is 0 Å². The molecule has 0 aliphatic carbocycles. The molecule has 0 amide bonds. The Bertz CT molecular complexity index is 118. The van der Waals surface area contributed by atoms with E-state index < -0.39 is 0 Å². The van der Waals surface area contributed by atoms with Crippen LogP contribution in [-0.4, -0.2) is 0 Å². The van der Waals surface area contributed by atoms with Gasteiger partial charge in [0.1, 0.15) is 0 Å². The predicted molar refractivity (Wildman–Crippen MR) is 47.6 cm³/mol. The molecule has 0 fully saturated rings. The highest BCUT2D eigenvalue weighted by Crippen LogP contribution is 2.02. The van der Waals surface area contributed by atoms with E-state index in [1.165, 1.54) is 0 Å². The highest BCUT2D eigenvalue weighted by molar-refractivity contribution is 5.00. The predicted octanol–water partition coefficient (Wildman–Crippen LogP) is 3.22. The van der Waals surface area contributed by atoms with Crippen molar-refractivity contribution >= 4 is 0 Å². The number of hydrogen-bond acceptors (Lipinski definition) is 0. The fourth-order valence-electron chi connectivity index (χ4n) is 0.676. The molecule has 57 valence electrons. The summed E-state index contributed by atoms with van der Waals surface area (Å²) >= 11 is 0. The summed E-state index contributed by atoms with van der Waals surface area (Å²) in [6, 6.07) is 0. The van der Waals surface area contributed by atoms with Gasteiger partial charge in [-0.05, 0) is 18.8 Å². The Morgan fingerprint density at radius 1 is 1.00 bits per heavy atom. The smallest absolute Gasteiger partial charge is 0.00818 e. The summed E-state index contributed by atoms with van der Waals surface area (Å²) in [5.74, 6) is 1.18. The van der Waals surface area contributed by atoms with Crippen molar-refractivity contribution in [3.63, 3.8) is 0 Å². The van der Waals surface area contributed by atoms with Gasteiger partial charge in [-0.1, -0.05) is 45.1 Å². The average molecular weight is 137 g/mol. The topological polar surface area (TPSA) is 0 Å². The molecule has 0 aliphatic heterocycles. The summed E-state index contributed by atoms with van der Waals surface area (Å²) in [6.07, 6.45) is 8.34. The van der Waals surface area contributed by atoms with E-state index in [1.807, 2.05) is 6.08 Å². The van der Waals surface area contributed by atoms with Gasteiger partial charge >= 0.3 is 0 Å². The molecule has 0 aromatic carbocycles. The summed E-state index contributed by atoms with van der Waals surface area (Å²) in [5, 5.41) is 0. The van der Waals surface area contributed by atoms with Gasteiger partial charge < -0.3 is 0 Å². The van der Waals surface area contributed by atoms with Crippen molar-refractivity contribution < 1.29 is 0 Å². The minimum absolute atomic E-state index is 0.528. The average Bonchev–Trinajstić information content (AvgIpc) is 1.85. The van der Waals surface area contributed by atoms with Gasteiger partial charge in [0, 0.05) is 0 Å². The zero-order valence-electron chi connectivity index (χ0n) is 7.17. The molecule has 0 heterocycles. The maximum atomic E-state index is 3.64. The molecule has 0 saturated heterocycles. The molecule has 1 atom stereocenters. The molecule has 0 nitrogen and oxygen atoms in total. The lowest BCUT2D eigenvalue weighted by Gasteiger charge is -1.98. The molecule has 10 heavy (non-hydrogen) atoms. The van der Waals surface area contributed by atoms with Gasteiger partial charge in [-0.2, -0.15) is 0 Å². The molecule has 0 saturated carbocycles. The highest BCUT2D eigenvalue weighted by Gasteiger charge is 1.88. The Labute approximate surface area is 64.6 Å². The first-order chi connectivity index (χ1) is 4.66. The first-order valence-electron chi connectivity index (χ1n) is 3.81. The second-order valence-corrected chi connectivity index (χ2v) is 2.92. The fraction of sp³-hybridized carbons (Fsp3) is 0.500. The van der Waals surface area contributed by atoms with Gasteiger partial charge in [-0.25, -0.2) is 0 Å². The third kappa shape index (κ3) is 5.61. The van der Waals surface area contributed by atoms with E-state index in [1.54, 1.807) is 0 Å². The molecule has 0 rings (SSSR count). The Morgan fingerprint density at radius 3 is 2.00 bits per heavy atom. The van der Waals surface area contributed by atoms with Crippen LogP contribution in [0.1, 0.15) is 20.8 Å². The lowest BCUT2D eigenvalue weighted by Crippen LogP contribution is -1.84. The SMILES string of the molecule is [CH2]C=CC(C)C=CC(C)C. The second-order valence-electron chi connectivity index (χ2n) is 2.92. The second kappa shape index (κ2) is 5.28. The molecule has 0 heteroatoms. The standard InChI is InChI=1S/C10H17/c1-5-6-10(4)8-7-9(2)3/h5-10H,1H2,2-4H3. The first kappa shape index (κ1) is 9.48. The first-order valence-corrected chi connectivity index (χ1v) is 3.81. The minimum Gasteiger partial charge on any atom is -0.0876 e. The van der Waals surface area contributed by atoms with Crippen LogP contribution in [0.15, 0.2) is 24.3 Å². The van der Waals surface area contributed by atoms with Crippen molar-refractivity contribution in [1.82, 2.24) is 0 Å². The molecule has 1 unspecified atom stereocenters. The van der Waals surface area contributed by atoms with Crippen LogP contribution in [0.3, 0.4) is 0 Å². The number of hydrogen-bond donors (Lipinski definition) is 0. The zero-order valence-corrected chi connectivity index (χ0v) is 7.17. The quantitative estimate of drug-likeness (QED) is 0.524. The normalized spacial score (nSPS) is 15.7. The van der Waals surface area contributed by atoms with Crippen molar-refractivity contribution in [3.05, 3.63) is 31.2 Å². The van der Waals surface area contributed by atoms with Crippen LogP contribution in [0.25, 0.3) is 0 Å². The zero-order chi connectivity index (χ0) is 7.98. The van der Waals surface area contributed by atoms with Gasteiger partial charge in [-0.3, -0.25) is 0 Å². The van der Waals surface area contributed by atoms with E-state index in [0.717, 1.165) is 0 Å². The van der Waals surface area contributed by atoms with Gasteiger partial charge in [0.15, 0.2) is 0 Å². The molecule has 1 radical (unpaired) electrons. The molecule has 0 spiro atoms. The molecular formula is C10H17. The van der Waals surface area contributed by atoms with Crippen molar-refractivity contribution in [1.29, 1.82) is 0 Å². The fourth-order valence-corrected chi connectivity index (χ4v) is 0.676. The van der Waals surface area contributed by atoms with E-state index in [9.17, 15) is 0 Å². The van der Waals surface area contributed by atoms with E-state index in [0.29, 0.717) is 11.8 Å². The summed E-state index contributed by atoms with van der Waals surface area (Å²) in [7, 11) is 0. The highest BCUT2D eigenvalue weighted by atomic mass is 13.9. The molecule has 0 aromatic heterocycles. The maximum Gasteiger partial charge on any atom is -0.00818 e. The van der Waals surface area contributed by atoms with Gasteiger partial charge in [-0.15, -0.1) is 0 Å². The molecular weight excluding hydrogens is 120 g/mol. The Hall–Kier alpha value is -0.520. The summed E-state index contributed by atoms with van der Waals surface area (Å²) in [6.45, 7) is 10.1. The van der Waals surface area contributed by atoms with Crippen molar-refractivity contribution in [2.75, 3.05) is 0 Å². The Kier molecular flexibility index (Phi) is 5.00. The largest absolute Gasteiger partial charge is 0.0876 e. The van der Waals surface area contributed by atoms with Crippen LogP contribution in [0.5, 0.6) is 0 Å². The molecule has 0 N–H and O–H groups in total. The summed E-state index contributed by atoms with van der Waals surface area (Å²) < 4.78 is 0. The lowest BCUT2D eigenvalue weighted by molar-refractivity contribution is 0.810. The van der Waals surface area contributed by atoms with Crippen LogP contribution in [-0.2, 0) is 0 Å². The van der Waals surface area contributed by atoms with Crippen LogP contribution < -0.4 is 0 Å². The van der Waals surface area contributed by atoms with Crippen molar-refractivity contribution in [2.45, 2.75) is 20.8 Å². The van der Waals surface area contributed by atoms with Crippen LogP contribution >= 0.6 is 0 Å². The maximum absolute atomic E-state index is 3.64. The molecule has 0 aromatic rings. The summed E-state index contributed by atoms with van der Waals surface area (Å²) in [4.78, 5) is 0. The van der Waals surface area contributed by atoms with Crippen LogP contribution in [0, 0.1) is 18.8 Å². The van der Waals surface area contributed by atoms with Gasteiger partial charge in [0.05, 0.1) is 0 Å². The third-order valence-corrected chi connectivity index (χ3v) is 1.24. The van der Waals surface area contributed by atoms with E-state index in [4.69, 9.17) is 0 Å². The summed E-state index contributed by atoms with van der Waals surface area (Å²) in [5.41, 5.74) is 0. The van der Waals surface area contributed by atoms with Crippen molar-refractivity contribution in [2.24, 2.45) is 11.8 Å². The van der Waals surface area contributed by atoms with Crippen molar-refractivity contribution in [3.8, 4) is 0 Å². The van der Waals surface area contributed by atoms with Crippen LogP contribution in [0.2, 0.25) is 0 Å². The Balaban J connectivity index is 3.66. The monoisotopic (exact) mass is 137 g/mol. The number of rotatable bonds is 3. The van der Waals surface area contributed by atoms with Crippen LogP contribution in [0.4, 0.5) is 0 Å².